The number of benzene rings is 1. The third-order valence-corrected chi connectivity index (χ3v) is 6.41. The minimum Gasteiger partial charge on any atom is -0.383 e. The number of carbonyl (C=O) groups is 2. The topological polar surface area (TPSA) is 88.3 Å². The summed E-state index contributed by atoms with van der Waals surface area (Å²) in [4.78, 5) is 31.5. The van der Waals surface area contributed by atoms with E-state index < -0.39 is 11.8 Å². The molecule has 1 aliphatic heterocycles. The van der Waals surface area contributed by atoms with Gasteiger partial charge in [0.15, 0.2) is 0 Å². The van der Waals surface area contributed by atoms with Gasteiger partial charge in [0, 0.05) is 11.2 Å². The van der Waals surface area contributed by atoms with E-state index in [1.54, 1.807) is 22.3 Å². The third-order valence-electron chi connectivity index (χ3n) is 5.51. The normalized spacial score (nSPS) is 19.3. The first kappa shape index (κ1) is 19.4. The van der Waals surface area contributed by atoms with Crippen LogP contribution in [0, 0.1) is 12.8 Å². The van der Waals surface area contributed by atoms with Crippen LogP contribution in [0.2, 0.25) is 0 Å². The maximum Gasteiger partial charge on any atom is 0.313 e. The number of likely N-dealkylation sites (tertiary alicyclic amines) is 1. The Morgan fingerprint density at radius 3 is 2.86 bits per heavy atom. The summed E-state index contributed by atoms with van der Waals surface area (Å²) >= 11 is 1.70. The summed E-state index contributed by atoms with van der Waals surface area (Å²) in [6, 6.07) is 10.0. The molecule has 0 radical (unpaired) electrons. The number of pyridine rings is 1. The maximum atomic E-state index is 13.1. The maximum absolute atomic E-state index is 13.1. The van der Waals surface area contributed by atoms with E-state index in [-0.39, 0.29) is 6.04 Å². The van der Waals surface area contributed by atoms with Crippen molar-refractivity contribution in [2.24, 2.45) is 5.92 Å². The highest BCUT2D eigenvalue weighted by molar-refractivity contribution is 7.17. The lowest BCUT2D eigenvalue weighted by Gasteiger charge is -2.38. The Kier molecular flexibility index (Phi) is 5.24. The number of aryl methyl sites for hydroxylation is 1. The molecule has 3 heterocycles. The first-order chi connectivity index (χ1) is 13.9. The number of rotatable bonds is 2. The van der Waals surface area contributed by atoms with E-state index in [1.165, 1.54) is 16.3 Å². The molecule has 3 aromatic rings. The molecule has 1 fully saturated rings. The molecule has 1 saturated heterocycles. The van der Waals surface area contributed by atoms with E-state index >= 15 is 0 Å². The molecule has 6 nitrogen and oxygen atoms in total. The van der Waals surface area contributed by atoms with Crippen molar-refractivity contribution in [2.75, 3.05) is 17.6 Å². The molecule has 0 aliphatic carbocycles. The molecule has 2 amide bonds. The average Bonchev–Trinajstić information content (AvgIpc) is 3.18. The van der Waals surface area contributed by atoms with Crippen molar-refractivity contribution in [1.29, 1.82) is 0 Å². The molecule has 0 saturated carbocycles. The predicted molar refractivity (Wildman–Crippen MR) is 117 cm³/mol. The van der Waals surface area contributed by atoms with E-state index in [0.717, 1.165) is 24.0 Å². The van der Waals surface area contributed by atoms with E-state index in [4.69, 9.17) is 5.73 Å². The molecule has 1 aliphatic rings. The van der Waals surface area contributed by atoms with Crippen LogP contribution in [0.4, 0.5) is 11.5 Å². The second kappa shape index (κ2) is 7.83. The van der Waals surface area contributed by atoms with Crippen LogP contribution in [0.1, 0.15) is 36.9 Å². The Hall–Kier alpha value is -2.93. The SMILES string of the molecule is Cc1cc(NC(=O)C(=O)N2C[C@@H](C)CC[C@@H]2c2ccc3sccc3c2)cnc1N. The number of aromatic nitrogens is 1. The summed E-state index contributed by atoms with van der Waals surface area (Å²) in [6.07, 6.45) is 3.34. The molecule has 0 spiro atoms. The van der Waals surface area contributed by atoms with Crippen LogP contribution >= 0.6 is 11.3 Å². The van der Waals surface area contributed by atoms with E-state index in [9.17, 15) is 9.59 Å². The smallest absolute Gasteiger partial charge is 0.313 e. The van der Waals surface area contributed by atoms with Crippen molar-refractivity contribution < 1.29 is 9.59 Å². The van der Waals surface area contributed by atoms with Gasteiger partial charge in [-0.2, -0.15) is 0 Å². The molecular weight excluding hydrogens is 384 g/mol. The predicted octanol–water partition coefficient (Wildman–Crippen LogP) is 4.13. The second-order valence-corrected chi connectivity index (χ2v) is 8.70. The summed E-state index contributed by atoms with van der Waals surface area (Å²) in [5.74, 6) is -0.399. The number of hydrogen-bond acceptors (Lipinski definition) is 5. The highest BCUT2D eigenvalue weighted by Crippen LogP contribution is 2.35. The number of thiophene rings is 1. The minimum absolute atomic E-state index is 0.0972. The Morgan fingerprint density at radius 2 is 2.07 bits per heavy atom. The number of fused-ring (bicyclic) bond motifs is 1. The number of nitrogens with two attached hydrogens (primary N) is 1. The van der Waals surface area contributed by atoms with Crippen molar-refractivity contribution in [1.82, 2.24) is 9.88 Å². The molecule has 4 rings (SSSR count). The number of piperidine rings is 1. The summed E-state index contributed by atoms with van der Waals surface area (Å²) < 4.78 is 1.22. The summed E-state index contributed by atoms with van der Waals surface area (Å²) in [6.45, 7) is 4.49. The number of hydrogen-bond donors (Lipinski definition) is 2. The molecule has 2 aromatic heterocycles. The van der Waals surface area contributed by atoms with Crippen molar-refractivity contribution in [3.8, 4) is 0 Å². The molecule has 2 atom stereocenters. The minimum atomic E-state index is -0.647. The van der Waals surface area contributed by atoms with Gasteiger partial charge >= 0.3 is 11.8 Å². The van der Waals surface area contributed by atoms with Gasteiger partial charge < -0.3 is 16.0 Å². The van der Waals surface area contributed by atoms with Gasteiger partial charge in [-0.05, 0) is 71.8 Å². The monoisotopic (exact) mass is 408 g/mol. The quantitative estimate of drug-likeness (QED) is 0.624. The Morgan fingerprint density at radius 1 is 1.24 bits per heavy atom. The van der Waals surface area contributed by atoms with Gasteiger partial charge in [-0.1, -0.05) is 13.0 Å². The third kappa shape index (κ3) is 3.96. The number of nitrogens with one attached hydrogen (secondary N) is 1. The Bertz CT molecular complexity index is 1080. The van der Waals surface area contributed by atoms with Crippen LogP contribution in [0.25, 0.3) is 10.1 Å². The van der Waals surface area contributed by atoms with Crippen LogP contribution in [0.3, 0.4) is 0 Å². The first-order valence-electron chi connectivity index (χ1n) is 9.73. The standard InChI is InChI=1S/C22H24N4O2S/c1-13-3-5-18(15-4-6-19-16(10-15)7-8-29-19)26(12-13)22(28)21(27)25-17-9-14(2)20(23)24-11-17/h4,6-11,13,18H,3,5,12H2,1-2H3,(H2,23,24)(H,25,27)/t13-,18+/m0/s1. The van der Waals surface area contributed by atoms with E-state index in [1.807, 2.05) is 6.92 Å². The van der Waals surface area contributed by atoms with Crippen molar-refractivity contribution >= 4 is 44.7 Å². The zero-order valence-corrected chi connectivity index (χ0v) is 17.3. The fourth-order valence-electron chi connectivity index (χ4n) is 3.88. The highest BCUT2D eigenvalue weighted by Gasteiger charge is 2.34. The van der Waals surface area contributed by atoms with Crippen LogP contribution in [-0.2, 0) is 9.59 Å². The first-order valence-corrected chi connectivity index (χ1v) is 10.6. The van der Waals surface area contributed by atoms with Gasteiger partial charge in [0.05, 0.1) is 17.9 Å². The lowest BCUT2D eigenvalue weighted by atomic mass is 9.89. The molecule has 150 valence electrons. The fraction of sp³-hybridized carbons (Fsp3) is 0.318. The molecule has 0 bridgehead atoms. The van der Waals surface area contributed by atoms with Crippen LogP contribution in [0.15, 0.2) is 41.9 Å². The number of nitrogens with zero attached hydrogens (tertiary/aromatic N) is 2. The largest absolute Gasteiger partial charge is 0.383 e. The molecular formula is C22H24N4O2S. The number of anilines is 2. The molecule has 3 N–H and O–H groups in total. The average molecular weight is 409 g/mol. The number of amides is 2. The van der Waals surface area contributed by atoms with Crippen LogP contribution in [-0.4, -0.2) is 28.2 Å². The van der Waals surface area contributed by atoms with E-state index in [0.29, 0.717) is 24.0 Å². The Labute approximate surface area is 173 Å². The van der Waals surface area contributed by atoms with Gasteiger partial charge in [0.2, 0.25) is 0 Å². The molecule has 1 aromatic carbocycles. The summed E-state index contributed by atoms with van der Waals surface area (Å²) in [5.41, 5.74) is 8.03. The zero-order chi connectivity index (χ0) is 20.5. The highest BCUT2D eigenvalue weighted by atomic mass is 32.1. The van der Waals surface area contributed by atoms with Gasteiger partial charge in [-0.3, -0.25) is 9.59 Å². The van der Waals surface area contributed by atoms with Crippen LogP contribution in [0.5, 0.6) is 0 Å². The zero-order valence-electron chi connectivity index (χ0n) is 16.5. The van der Waals surface area contributed by atoms with Gasteiger partial charge in [0.1, 0.15) is 5.82 Å². The van der Waals surface area contributed by atoms with Crippen molar-refractivity contribution in [3.63, 3.8) is 0 Å². The summed E-state index contributed by atoms with van der Waals surface area (Å²) in [7, 11) is 0. The molecule has 29 heavy (non-hydrogen) atoms. The molecule has 7 heteroatoms. The Balaban J connectivity index is 1.57. The lowest BCUT2D eigenvalue weighted by molar-refractivity contribution is -0.146. The summed E-state index contributed by atoms with van der Waals surface area (Å²) in [5, 5.41) is 5.91. The lowest BCUT2D eigenvalue weighted by Crippen LogP contribution is -2.46. The van der Waals surface area contributed by atoms with Crippen LogP contribution < -0.4 is 11.1 Å². The van der Waals surface area contributed by atoms with Gasteiger partial charge in [-0.25, -0.2) is 4.98 Å². The fourth-order valence-corrected chi connectivity index (χ4v) is 4.66. The van der Waals surface area contributed by atoms with Crippen molar-refractivity contribution in [3.05, 3.63) is 53.0 Å². The molecule has 0 unspecified atom stereocenters. The van der Waals surface area contributed by atoms with Gasteiger partial charge in [0.25, 0.3) is 0 Å². The number of nitrogen functional groups attached to an aromatic ring is 1. The van der Waals surface area contributed by atoms with Crippen molar-refractivity contribution in [2.45, 2.75) is 32.7 Å². The van der Waals surface area contributed by atoms with Gasteiger partial charge in [-0.15, -0.1) is 11.3 Å². The second-order valence-electron chi connectivity index (χ2n) is 7.75. The van der Waals surface area contributed by atoms with E-state index in [2.05, 4.69) is 46.9 Å². The number of carbonyl (C=O) groups excluding carboxylic acids is 2.